The van der Waals surface area contributed by atoms with Gasteiger partial charge >= 0.3 is 6.03 Å². The first-order chi connectivity index (χ1) is 7.75. The number of nitrogens with one attached hydrogen (secondary N) is 1. The van der Waals surface area contributed by atoms with Crippen LogP contribution < -0.4 is 5.32 Å². The zero-order chi connectivity index (χ0) is 11.4. The number of carbonyl (C=O) groups excluding carboxylic acids is 1. The van der Waals surface area contributed by atoms with Crippen molar-refractivity contribution in [2.75, 3.05) is 7.05 Å². The molecule has 1 aromatic rings. The molecule has 0 atom stereocenters. The Hall–Kier alpha value is -1.58. The third-order valence-corrected chi connectivity index (χ3v) is 2.95. The molecular formula is C12H17N3O. The quantitative estimate of drug-likeness (QED) is 0.842. The number of pyridine rings is 1. The Morgan fingerprint density at radius 1 is 1.50 bits per heavy atom. The minimum absolute atomic E-state index is 0.0153. The SMILES string of the molecule is CN(Cc1ccncc1)C(=O)NC1CCC1. The summed E-state index contributed by atoms with van der Waals surface area (Å²) in [5, 5.41) is 3.01. The summed E-state index contributed by atoms with van der Waals surface area (Å²) in [6.07, 6.45) is 6.96. The number of amides is 2. The lowest BCUT2D eigenvalue weighted by Gasteiger charge is -2.29. The fourth-order valence-corrected chi connectivity index (χ4v) is 1.67. The van der Waals surface area contributed by atoms with Crippen LogP contribution in [0.15, 0.2) is 24.5 Å². The molecule has 1 N–H and O–H groups in total. The normalized spacial score (nSPS) is 15.3. The highest BCUT2D eigenvalue weighted by molar-refractivity contribution is 5.74. The lowest BCUT2D eigenvalue weighted by molar-refractivity contribution is 0.195. The van der Waals surface area contributed by atoms with Crippen LogP contribution in [-0.4, -0.2) is 29.0 Å². The maximum absolute atomic E-state index is 11.7. The van der Waals surface area contributed by atoms with Gasteiger partial charge in [0.15, 0.2) is 0 Å². The summed E-state index contributed by atoms with van der Waals surface area (Å²) in [5.74, 6) is 0. The molecule has 86 valence electrons. The number of carbonyl (C=O) groups is 1. The van der Waals surface area contributed by atoms with Gasteiger partial charge in [0.2, 0.25) is 0 Å². The van der Waals surface area contributed by atoms with Crippen molar-refractivity contribution in [3.63, 3.8) is 0 Å². The molecule has 1 aliphatic rings. The van der Waals surface area contributed by atoms with Crippen molar-refractivity contribution in [2.45, 2.75) is 31.8 Å². The molecule has 1 saturated carbocycles. The van der Waals surface area contributed by atoms with Crippen LogP contribution in [0.4, 0.5) is 4.79 Å². The smallest absolute Gasteiger partial charge is 0.317 e. The van der Waals surface area contributed by atoms with Crippen LogP contribution in [0.1, 0.15) is 24.8 Å². The van der Waals surface area contributed by atoms with Gasteiger partial charge in [0.05, 0.1) is 0 Å². The van der Waals surface area contributed by atoms with Crippen LogP contribution in [0.25, 0.3) is 0 Å². The Kier molecular flexibility index (Phi) is 3.39. The van der Waals surface area contributed by atoms with Crippen molar-refractivity contribution >= 4 is 6.03 Å². The monoisotopic (exact) mass is 219 g/mol. The first-order valence-corrected chi connectivity index (χ1v) is 5.66. The Balaban J connectivity index is 1.82. The van der Waals surface area contributed by atoms with Crippen LogP contribution in [-0.2, 0) is 6.54 Å². The van der Waals surface area contributed by atoms with Gasteiger partial charge in [0.1, 0.15) is 0 Å². The summed E-state index contributed by atoms with van der Waals surface area (Å²) >= 11 is 0. The average molecular weight is 219 g/mol. The molecule has 2 rings (SSSR count). The summed E-state index contributed by atoms with van der Waals surface area (Å²) in [7, 11) is 1.81. The minimum Gasteiger partial charge on any atom is -0.335 e. The number of hydrogen-bond donors (Lipinski definition) is 1. The van der Waals surface area contributed by atoms with Crippen molar-refractivity contribution in [1.82, 2.24) is 15.2 Å². The number of hydrogen-bond acceptors (Lipinski definition) is 2. The second kappa shape index (κ2) is 4.96. The Morgan fingerprint density at radius 2 is 2.19 bits per heavy atom. The van der Waals surface area contributed by atoms with Crippen molar-refractivity contribution in [2.24, 2.45) is 0 Å². The molecule has 1 aliphatic carbocycles. The summed E-state index contributed by atoms with van der Waals surface area (Å²) in [4.78, 5) is 17.4. The molecule has 1 fully saturated rings. The second-order valence-electron chi connectivity index (χ2n) is 4.29. The highest BCUT2D eigenvalue weighted by Gasteiger charge is 2.20. The predicted molar refractivity (Wildman–Crippen MR) is 61.9 cm³/mol. The molecule has 1 aromatic heterocycles. The van der Waals surface area contributed by atoms with E-state index >= 15 is 0 Å². The van der Waals surface area contributed by atoms with Crippen LogP contribution in [0, 0.1) is 0 Å². The summed E-state index contributed by atoms with van der Waals surface area (Å²) < 4.78 is 0. The largest absolute Gasteiger partial charge is 0.335 e. The topological polar surface area (TPSA) is 45.2 Å². The summed E-state index contributed by atoms with van der Waals surface area (Å²) in [6, 6.07) is 4.26. The Labute approximate surface area is 95.7 Å². The molecule has 0 bridgehead atoms. The lowest BCUT2D eigenvalue weighted by Crippen LogP contribution is -2.45. The molecule has 0 unspecified atom stereocenters. The van der Waals surface area contributed by atoms with E-state index in [0.717, 1.165) is 18.4 Å². The molecule has 0 aromatic carbocycles. The predicted octanol–water partition coefficient (Wildman–Crippen LogP) is 1.78. The third kappa shape index (κ3) is 2.72. The molecule has 0 spiro atoms. The fraction of sp³-hybridized carbons (Fsp3) is 0.500. The van der Waals surface area contributed by atoms with Crippen LogP contribution in [0.2, 0.25) is 0 Å². The van der Waals surface area contributed by atoms with Crippen molar-refractivity contribution in [3.8, 4) is 0 Å². The van der Waals surface area contributed by atoms with Crippen LogP contribution in [0.3, 0.4) is 0 Å². The van der Waals surface area contributed by atoms with E-state index in [4.69, 9.17) is 0 Å². The van der Waals surface area contributed by atoms with E-state index in [-0.39, 0.29) is 6.03 Å². The summed E-state index contributed by atoms with van der Waals surface area (Å²) in [6.45, 7) is 0.626. The van der Waals surface area contributed by atoms with E-state index in [9.17, 15) is 4.79 Å². The van der Waals surface area contributed by atoms with Gasteiger partial charge in [-0.3, -0.25) is 4.98 Å². The van der Waals surface area contributed by atoms with Crippen molar-refractivity contribution in [1.29, 1.82) is 0 Å². The highest BCUT2D eigenvalue weighted by Crippen LogP contribution is 2.18. The molecule has 2 amide bonds. The lowest BCUT2D eigenvalue weighted by atomic mass is 9.93. The van der Waals surface area contributed by atoms with E-state index in [1.807, 2.05) is 19.2 Å². The van der Waals surface area contributed by atoms with E-state index in [0.29, 0.717) is 12.6 Å². The number of nitrogens with zero attached hydrogens (tertiary/aromatic N) is 2. The highest BCUT2D eigenvalue weighted by atomic mass is 16.2. The molecule has 4 nitrogen and oxygen atoms in total. The van der Waals surface area contributed by atoms with E-state index in [1.54, 1.807) is 17.3 Å². The average Bonchev–Trinajstić information content (AvgIpc) is 2.24. The number of rotatable bonds is 3. The molecule has 0 aliphatic heterocycles. The van der Waals surface area contributed by atoms with Gasteiger partial charge in [-0.1, -0.05) is 0 Å². The third-order valence-electron chi connectivity index (χ3n) is 2.95. The van der Waals surface area contributed by atoms with E-state index in [2.05, 4.69) is 10.3 Å². The van der Waals surface area contributed by atoms with Crippen LogP contribution >= 0.6 is 0 Å². The number of urea groups is 1. The van der Waals surface area contributed by atoms with Gasteiger partial charge < -0.3 is 10.2 Å². The zero-order valence-corrected chi connectivity index (χ0v) is 9.52. The van der Waals surface area contributed by atoms with Crippen molar-refractivity contribution in [3.05, 3.63) is 30.1 Å². The molecule has 1 heterocycles. The fourth-order valence-electron chi connectivity index (χ4n) is 1.67. The second-order valence-corrected chi connectivity index (χ2v) is 4.29. The first kappa shape index (κ1) is 10.9. The van der Waals surface area contributed by atoms with Crippen LogP contribution in [0.5, 0.6) is 0 Å². The van der Waals surface area contributed by atoms with Gasteiger partial charge in [-0.2, -0.15) is 0 Å². The zero-order valence-electron chi connectivity index (χ0n) is 9.52. The van der Waals surface area contributed by atoms with Gasteiger partial charge in [-0.15, -0.1) is 0 Å². The Bertz CT molecular complexity index is 349. The molecule has 0 saturated heterocycles. The minimum atomic E-state index is 0.0153. The van der Waals surface area contributed by atoms with Gasteiger partial charge in [-0.25, -0.2) is 4.79 Å². The van der Waals surface area contributed by atoms with Crippen molar-refractivity contribution < 1.29 is 4.79 Å². The van der Waals surface area contributed by atoms with Gasteiger partial charge in [-0.05, 0) is 37.0 Å². The van der Waals surface area contributed by atoms with E-state index < -0.39 is 0 Å². The Morgan fingerprint density at radius 3 is 2.75 bits per heavy atom. The maximum Gasteiger partial charge on any atom is 0.317 e. The molecule has 4 heteroatoms. The molecule has 0 radical (unpaired) electrons. The first-order valence-electron chi connectivity index (χ1n) is 5.66. The standard InChI is InChI=1S/C12H17N3O/c1-15(9-10-5-7-13-8-6-10)12(16)14-11-3-2-4-11/h5-8,11H,2-4,9H2,1H3,(H,14,16). The summed E-state index contributed by atoms with van der Waals surface area (Å²) in [5.41, 5.74) is 1.10. The van der Waals surface area contributed by atoms with Gasteiger partial charge in [0, 0.05) is 32.0 Å². The number of aromatic nitrogens is 1. The van der Waals surface area contributed by atoms with E-state index in [1.165, 1.54) is 6.42 Å². The van der Waals surface area contributed by atoms with Gasteiger partial charge in [0.25, 0.3) is 0 Å². The molecule has 16 heavy (non-hydrogen) atoms. The molecular weight excluding hydrogens is 202 g/mol. The maximum atomic E-state index is 11.7.